The number of hydrogen-bond donors (Lipinski definition) is 2. The molecule has 4 nitrogen and oxygen atoms in total. The number of nitrogens with two attached hydrogens (primary N) is 1. The molecule has 3 N–H and O–H groups in total. The van der Waals surface area contributed by atoms with E-state index in [9.17, 15) is 0 Å². The lowest BCUT2D eigenvalue weighted by molar-refractivity contribution is 0.670. The van der Waals surface area contributed by atoms with Gasteiger partial charge in [0.15, 0.2) is 0 Å². The van der Waals surface area contributed by atoms with Crippen molar-refractivity contribution in [2.45, 2.75) is 6.04 Å². The molecule has 0 bridgehead atoms. The van der Waals surface area contributed by atoms with Gasteiger partial charge in [-0.3, -0.25) is 9.97 Å². The molecule has 4 heteroatoms. The summed E-state index contributed by atoms with van der Waals surface area (Å²) < 4.78 is 0. The molecule has 1 atom stereocenters. The minimum atomic E-state index is -0.0186. The van der Waals surface area contributed by atoms with Crippen molar-refractivity contribution >= 4 is 5.69 Å². The van der Waals surface area contributed by atoms with E-state index in [4.69, 9.17) is 5.73 Å². The molecule has 0 aliphatic carbocycles. The molecule has 0 aromatic carbocycles. The van der Waals surface area contributed by atoms with Crippen LogP contribution in [0.15, 0.2) is 42.9 Å². The largest absolute Gasteiger partial charge is 0.398 e. The Bertz CT molecular complexity index is 456. The second kappa shape index (κ2) is 4.72. The standard InChI is InChI=1S/C12H14N4/c1-14-12(11-4-2-3-6-16-11)9-8-15-7-5-10(9)13/h2-8,12,14H,1H3,(H2,13,15). The molecule has 0 spiro atoms. The number of pyridine rings is 2. The van der Waals surface area contributed by atoms with Crippen LogP contribution in [0.25, 0.3) is 0 Å². The van der Waals surface area contributed by atoms with Crippen molar-refractivity contribution in [3.05, 3.63) is 54.1 Å². The minimum absolute atomic E-state index is 0.0186. The van der Waals surface area contributed by atoms with Crippen LogP contribution in [0.5, 0.6) is 0 Å². The lowest BCUT2D eigenvalue weighted by Crippen LogP contribution is -2.20. The highest BCUT2D eigenvalue weighted by Crippen LogP contribution is 2.23. The number of anilines is 1. The Kier molecular flexibility index (Phi) is 3.12. The van der Waals surface area contributed by atoms with E-state index in [0.29, 0.717) is 0 Å². The molecule has 0 aliphatic rings. The van der Waals surface area contributed by atoms with Crippen molar-refractivity contribution in [1.29, 1.82) is 0 Å². The highest BCUT2D eigenvalue weighted by Gasteiger charge is 2.15. The number of rotatable bonds is 3. The molecule has 16 heavy (non-hydrogen) atoms. The van der Waals surface area contributed by atoms with Gasteiger partial charge in [-0.25, -0.2) is 0 Å². The maximum absolute atomic E-state index is 5.93. The van der Waals surface area contributed by atoms with Gasteiger partial charge >= 0.3 is 0 Å². The quantitative estimate of drug-likeness (QED) is 0.810. The van der Waals surface area contributed by atoms with Gasteiger partial charge in [-0.05, 0) is 25.2 Å². The van der Waals surface area contributed by atoms with E-state index >= 15 is 0 Å². The van der Waals surface area contributed by atoms with Crippen LogP contribution in [-0.2, 0) is 0 Å². The van der Waals surface area contributed by atoms with Gasteiger partial charge in [-0.1, -0.05) is 6.07 Å². The van der Waals surface area contributed by atoms with Crippen LogP contribution in [0.2, 0.25) is 0 Å². The van der Waals surface area contributed by atoms with Gasteiger partial charge < -0.3 is 11.1 Å². The predicted molar refractivity (Wildman–Crippen MR) is 63.8 cm³/mol. The average Bonchev–Trinajstić information content (AvgIpc) is 2.34. The minimum Gasteiger partial charge on any atom is -0.398 e. The third-order valence-corrected chi connectivity index (χ3v) is 2.47. The van der Waals surface area contributed by atoms with E-state index in [1.807, 2.05) is 25.2 Å². The first-order chi connectivity index (χ1) is 7.83. The first-order valence-corrected chi connectivity index (χ1v) is 5.10. The van der Waals surface area contributed by atoms with Crippen molar-refractivity contribution < 1.29 is 0 Å². The molecule has 82 valence electrons. The number of nitrogens with one attached hydrogen (secondary N) is 1. The second-order valence-electron chi connectivity index (χ2n) is 3.48. The molecular formula is C12H14N4. The monoisotopic (exact) mass is 214 g/mol. The lowest BCUT2D eigenvalue weighted by Gasteiger charge is -2.17. The third kappa shape index (κ3) is 2.01. The van der Waals surface area contributed by atoms with Crippen LogP contribution in [0.3, 0.4) is 0 Å². The zero-order valence-corrected chi connectivity index (χ0v) is 9.09. The summed E-state index contributed by atoms with van der Waals surface area (Å²) in [5.74, 6) is 0. The molecular weight excluding hydrogens is 200 g/mol. The molecule has 0 saturated heterocycles. The summed E-state index contributed by atoms with van der Waals surface area (Å²) in [6.07, 6.45) is 5.22. The normalized spacial score (nSPS) is 12.3. The number of aromatic nitrogens is 2. The van der Waals surface area contributed by atoms with Gasteiger partial charge in [0.1, 0.15) is 0 Å². The molecule has 0 saturated carbocycles. The summed E-state index contributed by atoms with van der Waals surface area (Å²) in [6.45, 7) is 0. The molecule has 0 radical (unpaired) electrons. The van der Waals surface area contributed by atoms with Crippen LogP contribution in [-0.4, -0.2) is 17.0 Å². The first kappa shape index (κ1) is 10.6. The van der Waals surface area contributed by atoms with Crippen LogP contribution in [0, 0.1) is 0 Å². The predicted octanol–water partition coefficient (Wildman–Crippen LogP) is 1.37. The van der Waals surface area contributed by atoms with Crippen molar-refractivity contribution in [2.24, 2.45) is 0 Å². The van der Waals surface area contributed by atoms with Gasteiger partial charge in [0.05, 0.1) is 11.7 Å². The van der Waals surface area contributed by atoms with E-state index in [2.05, 4.69) is 15.3 Å². The molecule has 0 aliphatic heterocycles. The van der Waals surface area contributed by atoms with Crippen molar-refractivity contribution in [2.75, 3.05) is 12.8 Å². The fourth-order valence-corrected chi connectivity index (χ4v) is 1.67. The Balaban J connectivity index is 2.41. The van der Waals surface area contributed by atoms with Gasteiger partial charge in [-0.2, -0.15) is 0 Å². The second-order valence-corrected chi connectivity index (χ2v) is 3.48. The van der Waals surface area contributed by atoms with Crippen LogP contribution in [0.4, 0.5) is 5.69 Å². The maximum atomic E-state index is 5.93. The van der Waals surface area contributed by atoms with Gasteiger partial charge in [0.25, 0.3) is 0 Å². The Morgan fingerprint density at radius 3 is 2.75 bits per heavy atom. The molecule has 2 rings (SSSR count). The zero-order valence-electron chi connectivity index (χ0n) is 9.09. The van der Waals surface area contributed by atoms with Gasteiger partial charge in [0, 0.05) is 29.8 Å². The van der Waals surface area contributed by atoms with Crippen LogP contribution in [0.1, 0.15) is 17.3 Å². The van der Waals surface area contributed by atoms with Crippen molar-refractivity contribution in [1.82, 2.24) is 15.3 Å². The topological polar surface area (TPSA) is 63.8 Å². The number of nitrogen functional groups attached to an aromatic ring is 1. The summed E-state index contributed by atoms with van der Waals surface area (Å²) >= 11 is 0. The maximum Gasteiger partial charge on any atom is 0.0784 e. The molecule has 1 unspecified atom stereocenters. The summed E-state index contributed by atoms with van der Waals surface area (Å²) in [5, 5.41) is 3.19. The highest BCUT2D eigenvalue weighted by molar-refractivity contribution is 5.48. The van der Waals surface area contributed by atoms with Crippen molar-refractivity contribution in [3.63, 3.8) is 0 Å². The molecule has 0 fully saturated rings. The lowest BCUT2D eigenvalue weighted by atomic mass is 10.0. The number of hydrogen-bond acceptors (Lipinski definition) is 4. The molecule has 2 aromatic rings. The number of nitrogens with zero attached hydrogens (tertiary/aromatic N) is 2. The van der Waals surface area contributed by atoms with E-state index < -0.39 is 0 Å². The van der Waals surface area contributed by atoms with E-state index in [1.165, 1.54) is 0 Å². The fraction of sp³-hybridized carbons (Fsp3) is 0.167. The van der Waals surface area contributed by atoms with Crippen LogP contribution < -0.4 is 11.1 Å². The van der Waals surface area contributed by atoms with Gasteiger partial charge in [-0.15, -0.1) is 0 Å². The Morgan fingerprint density at radius 2 is 2.12 bits per heavy atom. The Hall–Kier alpha value is -1.94. The average molecular weight is 214 g/mol. The van der Waals surface area contributed by atoms with Crippen LogP contribution >= 0.6 is 0 Å². The highest BCUT2D eigenvalue weighted by atomic mass is 14.9. The fourth-order valence-electron chi connectivity index (χ4n) is 1.67. The molecule has 2 heterocycles. The Morgan fingerprint density at radius 1 is 1.25 bits per heavy atom. The zero-order chi connectivity index (χ0) is 11.4. The smallest absolute Gasteiger partial charge is 0.0784 e. The van der Waals surface area contributed by atoms with Crippen molar-refractivity contribution in [3.8, 4) is 0 Å². The SMILES string of the molecule is CNC(c1ccccn1)c1cnccc1N. The molecule has 0 amide bonds. The summed E-state index contributed by atoms with van der Waals surface area (Å²) in [7, 11) is 1.88. The van der Waals surface area contributed by atoms with E-state index in [0.717, 1.165) is 16.9 Å². The summed E-state index contributed by atoms with van der Waals surface area (Å²) in [4.78, 5) is 8.41. The molecule has 2 aromatic heterocycles. The van der Waals surface area contributed by atoms with E-state index in [1.54, 1.807) is 24.7 Å². The summed E-state index contributed by atoms with van der Waals surface area (Å²) in [6, 6.07) is 7.59. The Labute approximate surface area is 94.5 Å². The third-order valence-electron chi connectivity index (χ3n) is 2.47. The van der Waals surface area contributed by atoms with E-state index in [-0.39, 0.29) is 6.04 Å². The summed E-state index contributed by atoms with van der Waals surface area (Å²) in [5.41, 5.74) is 8.53. The van der Waals surface area contributed by atoms with Gasteiger partial charge in [0.2, 0.25) is 0 Å². The first-order valence-electron chi connectivity index (χ1n) is 5.10.